The Kier molecular flexibility index (Phi) is 2.48. The molecule has 1 heterocycles. The maximum absolute atomic E-state index is 13.1. The number of ether oxygens (including phenoxy) is 1. The minimum absolute atomic E-state index is 0.0329. The van der Waals surface area contributed by atoms with Crippen molar-refractivity contribution in [2.45, 2.75) is 24.7 Å². The van der Waals surface area contributed by atoms with Crippen LogP contribution in [0.5, 0.6) is 0 Å². The predicted molar refractivity (Wildman–Crippen MR) is 88.4 cm³/mol. The van der Waals surface area contributed by atoms with E-state index in [0.29, 0.717) is 5.92 Å². The summed E-state index contributed by atoms with van der Waals surface area (Å²) in [5.74, 6) is 1.08. The highest BCUT2D eigenvalue weighted by molar-refractivity contribution is 5.97. The average molecular weight is 302 g/mol. The molecule has 2 nitrogen and oxygen atoms in total. The van der Waals surface area contributed by atoms with Gasteiger partial charge in [0.05, 0.1) is 0 Å². The fourth-order valence-electron chi connectivity index (χ4n) is 5.18. The van der Waals surface area contributed by atoms with Crippen molar-refractivity contribution < 1.29 is 9.53 Å². The molecule has 0 radical (unpaired) electrons. The first kappa shape index (κ1) is 13.1. The summed E-state index contributed by atoms with van der Waals surface area (Å²) in [5.41, 5.74) is 1.65. The lowest BCUT2D eigenvalue weighted by atomic mass is 9.80. The fourth-order valence-corrected chi connectivity index (χ4v) is 5.18. The molecule has 2 saturated carbocycles. The second-order valence-electron chi connectivity index (χ2n) is 6.92. The first-order valence-corrected chi connectivity index (χ1v) is 8.35. The Morgan fingerprint density at radius 3 is 2.39 bits per heavy atom. The summed E-state index contributed by atoms with van der Waals surface area (Å²) in [7, 11) is 0. The van der Waals surface area contributed by atoms with Crippen LogP contribution in [0.15, 0.2) is 66.7 Å². The van der Waals surface area contributed by atoms with Gasteiger partial charge in [-0.05, 0) is 30.4 Å². The second kappa shape index (κ2) is 4.35. The van der Waals surface area contributed by atoms with Crippen LogP contribution in [-0.2, 0) is 14.9 Å². The van der Waals surface area contributed by atoms with Crippen molar-refractivity contribution in [1.82, 2.24) is 0 Å². The van der Waals surface area contributed by atoms with E-state index in [1.165, 1.54) is 6.42 Å². The average Bonchev–Trinajstić information content (AvgIpc) is 2.97. The molecule has 2 fully saturated rings. The van der Waals surface area contributed by atoms with E-state index in [2.05, 4.69) is 18.2 Å². The summed E-state index contributed by atoms with van der Waals surface area (Å²) in [6, 6.07) is 20.2. The number of cyclic esters (lactones) is 1. The molecule has 1 unspecified atom stereocenters. The molecule has 3 atom stereocenters. The predicted octanol–water partition coefficient (Wildman–Crippen LogP) is 4.32. The van der Waals surface area contributed by atoms with Gasteiger partial charge in [0.15, 0.2) is 0 Å². The van der Waals surface area contributed by atoms with Crippen molar-refractivity contribution in [1.29, 1.82) is 0 Å². The van der Waals surface area contributed by atoms with Gasteiger partial charge in [0.25, 0.3) is 0 Å². The van der Waals surface area contributed by atoms with Crippen LogP contribution in [0, 0.1) is 11.3 Å². The summed E-state index contributed by atoms with van der Waals surface area (Å²) in [4.78, 5) is 13.1. The van der Waals surface area contributed by atoms with Crippen LogP contribution in [0.3, 0.4) is 0 Å². The number of rotatable bonds is 2. The minimum atomic E-state index is -0.440. The third-order valence-corrected chi connectivity index (χ3v) is 6.08. The SMILES string of the molecule is O=C1OC(c2ccccc2)=C[C@@]23CCCC2[C@]13c1ccccc1. The lowest BCUT2D eigenvalue weighted by molar-refractivity contribution is -0.142. The molecule has 3 aliphatic rings. The molecule has 2 heteroatoms. The Bertz CT molecular complexity index is 808. The summed E-state index contributed by atoms with van der Waals surface area (Å²) < 4.78 is 5.84. The van der Waals surface area contributed by atoms with Crippen molar-refractivity contribution in [3.63, 3.8) is 0 Å². The summed E-state index contributed by atoms with van der Waals surface area (Å²) in [6.07, 6.45) is 5.65. The van der Waals surface area contributed by atoms with E-state index in [0.717, 1.165) is 29.7 Å². The lowest BCUT2D eigenvalue weighted by Crippen LogP contribution is -2.34. The van der Waals surface area contributed by atoms with Gasteiger partial charge in [-0.2, -0.15) is 0 Å². The number of hydrogen-bond acceptors (Lipinski definition) is 2. The van der Waals surface area contributed by atoms with Gasteiger partial charge in [-0.3, -0.25) is 4.79 Å². The van der Waals surface area contributed by atoms with Gasteiger partial charge in [0.2, 0.25) is 0 Å². The number of fused-ring (bicyclic) bond motifs is 1. The highest BCUT2D eigenvalue weighted by atomic mass is 16.5. The Hall–Kier alpha value is -2.35. The first-order chi connectivity index (χ1) is 11.3. The number of carbonyl (C=O) groups excluding carboxylic acids is 1. The van der Waals surface area contributed by atoms with E-state index in [1.54, 1.807) is 0 Å². The first-order valence-electron chi connectivity index (χ1n) is 8.35. The van der Waals surface area contributed by atoms with Gasteiger partial charge in [0.1, 0.15) is 11.2 Å². The Morgan fingerprint density at radius 2 is 1.65 bits per heavy atom. The lowest BCUT2D eigenvalue weighted by Gasteiger charge is -2.29. The van der Waals surface area contributed by atoms with Crippen molar-refractivity contribution in [3.8, 4) is 0 Å². The van der Waals surface area contributed by atoms with Crippen LogP contribution < -0.4 is 0 Å². The van der Waals surface area contributed by atoms with Crippen molar-refractivity contribution in [3.05, 3.63) is 77.9 Å². The molecule has 0 aromatic heterocycles. The number of benzene rings is 2. The number of carbonyl (C=O) groups is 1. The summed E-state index contributed by atoms with van der Waals surface area (Å²) >= 11 is 0. The smallest absolute Gasteiger partial charge is 0.323 e. The summed E-state index contributed by atoms with van der Waals surface area (Å²) in [5, 5.41) is 0. The zero-order valence-electron chi connectivity index (χ0n) is 12.9. The van der Waals surface area contributed by atoms with E-state index in [4.69, 9.17) is 4.74 Å². The molecule has 0 amide bonds. The monoisotopic (exact) mass is 302 g/mol. The quantitative estimate of drug-likeness (QED) is 0.772. The molecular weight excluding hydrogens is 284 g/mol. The number of allylic oxidation sites excluding steroid dienone is 1. The molecule has 2 aliphatic carbocycles. The van der Waals surface area contributed by atoms with Gasteiger partial charge < -0.3 is 4.74 Å². The Balaban J connectivity index is 1.67. The highest BCUT2D eigenvalue weighted by Crippen LogP contribution is 2.80. The van der Waals surface area contributed by atoms with Crippen LogP contribution >= 0.6 is 0 Å². The van der Waals surface area contributed by atoms with E-state index in [9.17, 15) is 4.79 Å². The number of esters is 1. The largest absolute Gasteiger partial charge is 0.426 e. The third-order valence-electron chi connectivity index (χ3n) is 6.08. The van der Waals surface area contributed by atoms with E-state index < -0.39 is 5.41 Å². The van der Waals surface area contributed by atoms with Gasteiger partial charge in [-0.15, -0.1) is 0 Å². The fraction of sp³-hybridized carbons (Fsp3) is 0.286. The molecule has 0 saturated heterocycles. The number of hydrogen-bond donors (Lipinski definition) is 0. The Labute approximate surface area is 135 Å². The molecule has 1 spiro atoms. The van der Waals surface area contributed by atoms with Gasteiger partial charge in [-0.25, -0.2) is 0 Å². The maximum atomic E-state index is 13.1. The molecule has 1 aliphatic heterocycles. The summed E-state index contributed by atoms with van der Waals surface area (Å²) in [6.45, 7) is 0. The van der Waals surface area contributed by atoms with Crippen LogP contribution in [-0.4, -0.2) is 5.97 Å². The van der Waals surface area contributed by atoms with Crippen molar-refractivity contribution in [2.75, 3.05) is 0 Å². The van der Waals surface area contributed by atoms with Crippen LogP contribution in [0.1, 0.15) is 30.4 Å². The molecule has 0 N–H and O–H groups in total. The van der Waals surface area contributed by atoms with Crippen LogP contribution in [0.25, 0.3) is 5.76 Å². The van der Waals surface area contributed by atoms with Gasteiger partial charge in [-0.1, -0.05) is 67.1 Å². The standard InChI is InChI=1S/C21H18O2/c22-19-21(16-10-5-2-6-11-16)18-12-7-13-20(18,21)14-17(23-19)15-8-3-1-4-9-15/h1-6,8-11,14,18H,7,12-13H2/t18?,20-,21+/m0/s1. The molecule has 5 rings (SSSR count). The zero-order chi connectivity index (χ0) is 15.5. The van der Waals surface area contributed by atoms with Crippen molar-refractivity contribution >= 4 is 11.7 Å². The van der Waals surface area contributed by atoms with Gasteiger partial charge in [0, 0.05) is 11.0 Å². The molecule has 23 heavy (non-hydrogen) atoms. The third kappa shape index (κ3) is 1.46. The van der Waals surface area contributed by atoms with Gasteiger partial charge >= 0.3 is 5.97 Å². The van der Waals surface area contributed by atoms with Crippen molar-refractivity contribution in [2.24, 2.45) is 11.3 Å². The topological polar surface area (TPSA) is 26.3 Å². The second-order valence-corrected chi connectivity index (χ2v) is 6.92. The van der Waals surface area contributed by atoms with E-state index in [-0.39, 0.29) is 11.4 Å². The zero-order valence-corrected chi connectivity index (χ0v) is 12.9. The molecule has 2 aromatic rings. The molecule has 2 aromatic carbocycles. The van der Waals surface area contributed by atoms with Crippen LogP contribution in [0.4, 0.5) is 0 Å². The Morgan fingerprint density at radius 1 is 0.957 bits per heavy atom. The molecule has 114 valence electrons. The van der Waals surface area contributed by atoms with E-state index >= 15 is 0 Å². The normalized spacial score (nSPS) is 34.2. The highest BCUT2D eigenvalue weighted by Gasteiger charge is 2.83. The minimum Gasteiger partial charge on any atom is -0.426 e. The van der Waals surface area contributed by atoms with E-state index in [1.807, 2.05) is 48.5 Å². The molecule has 0 bridgehead atoms. The maximum Gasteiger partial charge on any atom is 0.323 e. The van der Waals surface area contributed by atoms with Crippen LogP contribution in [0.2, 0.25) is 0 Å². The molecular formula is C21H18O2.